The second kappa shape index (κ2) is 8.78. The molecule has 2 aliphatic heterocycles. The molecule has 2 amide bonds. The van der Waals surface area contributed by atoms with Gasteiger partial charge in [0.05, 0.1) is 30.5 Å². The molecule has 0 aliphatic carbocycles. The lowest BCUT2D eigenvalue weighted by Crippen LogP contribution is -2.37. The summed E-state index contributed by atoms with van der Waals surface area (Å²) in [5.41, 5.74) is 1.09. The third kappa shape index (κ3) is 4.19. The molecule has 2 aliphatic rings. The van der Waals surface area contributed by atoms with E-state index in [4.69, 9.17) is 4.74 Å². The first-order valence-corrected chi connectivity index (χ1v) is 11.0. The summed E-state index contributed by atoms with van der Waals surface area (Å²) < 4.78 is 5.41. The van der Waals surface area contributed by atoms with Gasteiger partial charge in [0, 0.05) is 44.4 Å². The molecule has 0 radical (unpaired) electrons. The van der Waals surface area contributed by atoms with Crippen molar-refractivity contribution in [2.45, 2.75) is 12.0 Å². The highest BCUT2D eigenvalue weighted by molar-refractivity contribution is 6.11. The second-order valence-corrected chi connectivity index (χ2v) is 8.38. The van der Waals surface area contributed by atoms with Crippen LogP contribution in [0, 0.1) is 11.8 Å². The van der Waals surface area contributed by atoms with Gasteiger partial charge in [0.2, 0.25) is 5.60 Å². The molecule has 1 atom stereocenters. The van der Waals surface area contributed by atoms with Gasteiger partial charge in [-0.2, -0.15) is 5.10 Å². The Kier molecular flexibility index (Phi) is 5.65. The van der Waals surface area contributed by atoms with Crippen LogP contribution >= 0.6 is 0 Å². The average Bonchev–Trinajstić information content (AvgIpc) is 3.40. The molecule has 3 aromatic rings. The molecule has 174 valence electrons. The Morgan fingerprint density at radius 2 is 2.09 bits per heavy atom. The van der Waals surface area contributed by atoms with E-state index in [1.165, 1.54) is 4.90 Å². The molecule has 0 unspecified atom stereocenters. The summed E-state index contributed by atoms with van der Waals surface area (Å²) in [4.78, 5) is 33.1. The first kappa shape index (κ1) is 21.9. The van der Waals surface area contributed by atoms with Crippen LogP contribution in [0.1, 0.15) is 22.5 Å². The number of aromatic amines is 1. The van der Waals surface area contributed by atoms with Crippen LogP contribution < -0.4 is 10.2 Å². The lowest BCUT2D eigenvalue weighted by atomic mass is 10.0. The number of likely N-dealkylation sites (tertiary alicyclic amines) is 1. The molecule has 10 nitrogen and oxygen atoms in total. The van der Waals surface area contributed by atoms with Crippen LogP contribution in [0.5, 0.6) is 0 Å². The average molecular weight is 460 g/mol. The molecule has 2 aromatic heterocycles. The number of nitrogens with zero attached hydrogens (tertiary/aromatic N) is 4. The SMILES string of the molecule is CN1CC[C@@](O)(C#Cc2cccc(NC(=O)c3n[nH]c4ncc(N5CCOCC5)cc34)c2)C1=O. The zero-order valence-corrected chi connectivity index (χ0v) is 18.7. The number of morpholine rings is 1. The number of anilines is 2. The van der Waals surface area contributed by atoms with Crippen LogP contribution in [0.2, 0.25) is 0 Å². The number of amides is 2. The van der Waals surface area contributed by atoms with Gasteiger partial charge in [0.1, 0.15) is 0 Å². The summed E-state index contributed by atoms with van der Waals surface area (Å²) in [7, 11) is 1.64. The van der Waals surface area contributed by atoms with Crippen LogP contribution in [-0.4, -0.2) is 82.5 Å². The number of hydrogen-bond acceptors (Lipinski definition) is 7. The number of carbonyl (C=O) groups is 2. The molecular weight excluding hydrogens is 436 g/mol. The molecular formula is C24H24N6O4. The summed E-state index contributed by atoms with van der Waals surface area (Å²) in [6.45, 7) is 3.28. The van der Waals surface area contributed by atoms with Crippen molar-refractivity contribution < 1.29 is 19.4 Å². The standard InChI is InChI=1S/C24H24N6O4/c1-29-8-7-24(33,23(29)32)6-5-16-3-2-4-17(13-16)26-22(31)20-19-14-18(15-25-21(19)28-27-20)30-9-11-34-12-10-30/h2-4,13-15,33H,7-12H2,1H3,(H,26,31)(H,25,27,28)/t24-/m0/s1. The van der Waals surface area contributed by atoms with Crippen molar-refractivity contribution in [2.75, 3.05) is 50.1 Å². The van der Waals surface area contributed by atoms with Crippen LogP contribution in [0.25, 0.3) is 11.0 Å². The van der Waals surface area contributed by atoms with Crippen LogP contribution in [0.15, 0.2) is 36.5 Å². The Labute approximate surface area is 195 Å². The first-order chi connectivity index (χ1) is 16.4. The lowest BCUT2D eigenvalue weighted by Gasteiger charge is -2.28. The van der Waals surface area contributed by atoms with Gasteiger partial charge >= 0.3 is 0 Å². The summed E-state index contributed by atoms with van der Waals surface area (Å²) in [5, 5.41) is 20.9. The van der Waals surface area contributed by atoms with Crippen molar-refractivity contribution >= 4 is 34.2 Å². The number of pyridine rings is 1. The van der Waals surface area contributed by atoms with Crippen molar-refractivity contribution in [3.63, 3.8) is 0 Å². The minimum Gasteiger partial charge on any atom is -0.378 e. The highest BCUT2D eigenvalue weighted by Gasteiger charge is 2.42. The zero-order valence-electron chi connectivity index (χ0n) is 18.7. The minimum atomic E-state index is -1.67. The molecule has 2 fully saturated rings. The number of aliphatic hydroxyl groups is 1. The van der Waals surface area contributed by atoms with E-state index in [2.05, 4.69) is 37.2 Å². The van der Waals surface area contributed by atoms with Crippen molar-refractivity contribution in [1.82, 2.24) is 20.1 Å². The summed E-state index contributed by atoms with van der Waals surface area (Å²) in [6, 6.07) is 8.82. The monoisotopic (exact) mass is 460 g/mol. The van der Waals surface area contributed by atoms with Crippen LogP contribution in [0.3, 0.4) is 0 Å². The molecule has 0 spiro atoms. The van der Waals surface area contributed by atoms with E-state index in [0.717, 1.165) is 18.8 Å². The van der Waals surface area contributed by atoms with Crippen LogP contribution in [0.4, 0.5) is 11.4 Å². The number of hydrogen-bond donors (Lipinski definition) is 3. The maximum atomic E-state index is 13.0. The summed E-state index contributed by atoms with van der Waals surface area (Å²) >= 11 is 0. The molecule has 1 aromatic carbocycles. The number of aromatic nitrogens is 3. The summed E-state index contributed by atoms with van der Waals surface area (Å²) in [6.07, 6.45) is 2.02. The third-order valence-corrected chi connectivity index (χ3v) is 6.04. The van der Waals surface area contributed by atoms with Gasteiger partial charge in [-0.05, 0) is 24.3 Å². The van der Waals surface area contributed by atoms with E-state index in [9.17, 15) is 14.7 Å². The predicted molar refractivity (Wildman–Crippen MR) is 125 cm³/mol. The highest BCUT2D eigenvalue weighted by atomic mass is 16.5. The van der Waals surface area contributed by atoms with Crippen molar-refractivity contribution in [3.8, 4) is 11.8 Å². The van der Waals surface area contributed by atoms with E-state index < -0.39 is 11.5 Å². The Balaban J connectivity index is 1.35. The van der Waals surface area contributed by atoms with Gasteiger partial charge < -0.3 is 25.0 Å². The number of benzene rings is 1. The van der Waals surface area contributed by atoms with E-state index in [1.54, 1.807) is 37.5 Å². The Hall–Kier alpha value is -3.94. The topological polar surface area (TPSA) is 124 Å². The normalized spacial score (nSPS) is 20.4. The number of likely N-dealkylation sites (N-methyl/N-ethyl adjacent to an activating group) is 1. The maximum absolute atomic E-state index is 13.0. The Morgan fingerprint density at radius 1 is 1.26 bits per heavy atom. The Bertz CT molecular complexity index is 1320. The molecule has 3 N–H and O–H groups in total. The number of rotatable bonds is 3. The van der Waals surface area contributed by atoms with Crippen molar-refractivity contribution in [2.24, 2.45) is 0 Å². The van der Waals surface area contributed by atoms with E-state index in [0.29, 0.717) is 42.0 Å². The lowest BCUT2D eigenvalue weighted by molar-refractivity contribution is -0.137. The van der Waals surface area contributed by atoms with Crippen molar-refractivity contribution in [3.05, 3.63) is 47.8 Å². The quantitative estimate of drug-likeness (QED) is 0.498. The molecule has 2 saturated heterocycles. The van der Waals surface area contributed by atoms with E-state index >= 15 is 0 Å². The molecule has 0 bridgehead atoms. The van der Waals surface area contributed by atoms with Gasteiger partial charge in [0.15, 0.2) is 11.3 Å². The largest absolute Gasteiger partial charge is 0.378 e. The molecule has 34 heavy (non-hydrogen) atoms. The maximum Gasteiger partial charge on any atom is 0.276 e. The zero-order chi connectivity index (χ0) is 23.7. The molecule has 5 rings (SSSR count). The van der Waals surface area contributed by atoms with Gasteiger partial charge in [-0.25, -0.2) is 4.98 Å². The smallest absolute Gasteiger partial charge is 0.276 e. The minimum absolute atomic E-state index is 0.239. The second-order valence-electron chi connectivity index (χ2n) is 8.38. The van der Waals surface area contributed by atoms with Gasteiger partial charge in [0.25, 0.3) is 11.8 Å². The fraction of sp³-hybridized carbons (Fsp3) is 0.333. The third-order valence-electron chi connectivity index (χ3n) is 6.04. The van der Waals surface area contributed by atoms with Gasteiger partial charge in [-0.15, -0.1) is 0 Å². The van der Waals surface area contributed by atoms with Crippen LogP contribution in [-0.2, 0) is 9.53 Å². The fourth-order valence-corrected chi connectivity index (χ4v) is 4.07. The Morgan fingerprint density at radius 3 is 2.85 bits per heavy atom. The fourth-order valence-electron chi connectivity index (χ4n) is 4.07. The van der Waals surface area contributed by atoms with Gasteiger partial charge in [-0.1, -0.05) is 17.9 Å². The number of H-pyrrole nitrogens is 1. The highest BCUT2D eigenvalue weighted by Crippen LogP contribution is 2.24. The van der Waals surface area contributed by atoms with E-state index in [-0.39, 0.29) is 18.0 Å². The molecule has 4 heterocycles. The number of carbonyl (C=O) groups excluding carboxylic acids is 2. The van der Waals surface area contributed by atoms with Gasteiger partial charge in [-0.3, -0.25) is 14.7 Å². The predicted octanol–water partition coefficient (Wildman–Crippen LogP) is 0.991. The van der Waals surface area contributed by atoms with Crippen molar-refractivity contribution in [1.29, 1.82) is 0 Å². The summed E-state index contributed by atoms with van der Waals surface area (Å²) in [5.74, 6) is 4.75. The number of ether oxygens (including phenoxy) is 1. The molecule has 10 heteroatoms. The first-order valence-electron chi connectivity index (χ1n) is 11.0. The number of nitrogens with one attached hydrogen (secondary N) is 2. The van der Waals surface area contributed by atoms with E-state index in [1.807, 2.05) is 6.07 Å². The number of fused-ring (bicyclic) bond motifs is 1. The molecule has 0 saturated carbocycles.